The van der Waals surface area contributed by atoms with Crippen molar-refractivity contribution in [3.8, 4) is 11.4 Å². The van der Waals surface area contributed by atoms with Crippen LogP contribution in [0.4, 0.5) is 17.3 Å². The third-order valence-corrected chi connectivity index (χ3v) is 5.07. The maximum Gasteiger partial charge on any atom is 0.184 e. The van der Waals surface area contributed by atoms with Crippen LogP contribution < -0.4 is 16.0 Å². The molecule has 4 aromatic heterocycles. The van der Waals surface area contributed by atoms with Gasteiger partial charge in [-0.3, -0.25) is 0 Å². The second kappa shape index (κ2) is 6.85. The number of anilines is 3. The van der Waals surface area contributed by atoms with E-state index < -0.39 is 6.98 Å². The van der Waals surface area contributed by atoms with E-state index in [0.29, 0.717) is 40.2 Å². The molecule has 3 N–H and O–H groups in total. The summed E-state index contributed by atoms with van der Waals surface area (Å²) in [5, 5.41) is 8.29. The summed E-state index contributed by atoms with van der Waals surface area (Å²) in [4.78, 5) is 15.3. The average Bonchev–Trinajstić information content (AvgIpc) is 3.15. The van der Waals surface area contributed by atoms with Crippen LogP contribution in [0.15, 0.2) is 36.8 Å². The first-order valence-corrected chi connectivity index (χ1v) is 9.33. The van der Waals surface area contributed by atoms with Gasteiger partial charge in [0, 0.05) is 52.9 Å². The zero-order valence-corrected chi connectivity index (χ0v) is 15.8. The molecular formula is C20H22N8O. The van der Waals surface area contributed by atoms with Crippen LogP contribution in [0.3, 0.4) is 0 Å². The van der Waals surface area contributed by atoms with Gasteiger partial charge in [0.2, 0.25) is 0 Å². The van der Waals surface area contributed by atoms with Crippen LogP contribution >= 0.6 is 0 Å². The largest absolute Gasteiger partial charge is 0.384 e. The normalized spacial score (nSPS) is 19.1. The molecule has 0 aliphatic carbocycles. The van der Waals surface area contributed by atoms with Crippen LogP contribution in [0.2, 0.25) is 0 Å². The molecule has 1 saturated heterocycles. The Bertz CT molecular complexity index is 1310. The Hall–Kier alpha value is -3.46. The fraction of sp³-hybridized carbons (Fsp3) is 0.300. The lowest BCUT2D eigenvalue weighted by Gasteiger charge is -2.32. The summed E-state index contributed by atoms with van der Waals surface area (Å²) in [5.74, 6) is 0.960. The number of nitrogens with one attached hydrogen (secondary N) is 1. The summed E-state index contributed by atoms with van der Waals surface area (Å²) in [7, 11) is 0. The van der Waals surface area contributed by atoms with Crippen molar-refractivity contribution in [3.63, 3.8) is 0 Å². The summed E-state index contributed by atoms with van der Waals surface area (Å²) < 4.78 is 29.8. The Morgan fingerprint density at radius 3 is 3.07 bits per heavy atom. The van der Waals surface area contributed by atoms with Gasteiger partial charge in [0.05, 0.1) is 24.6 Å². The van der Waals surface area contributed by atoms with Gasteiger partial charge in [0.25, 0.3) is 0 Å². The predicted molar refractivity (Wildman–Crippen MR) is 113 cm³/mol. The third-order valence-electron chi connectivity index (χ3n) is 5.07. The first-order chi connectivity index (χ1) is 15.3. The van der Waals surface area contributed by atoms with Gasteiger partial charge in [-0.1, -0.05) is 0 Å². The molecule has 0 radical (unpaired) electrons. The van der Waals surface area contributed by atoms with E-state index in [1.54, 1.807) is 16.8 Å². The molecule has 5 rings (SSSR count). The zero-order valence-electron chi connectivity index (χ0n) is 18.8. The smallest absolute Gasteiger partial charge is 0.184 e. The Kier molecular flexibility index (Phi) is 3.43. The van der Waals surface area contributed by atoms with Crippen molar-refractivity contribution in [3.05, 3.63) is 36.8 Å². The minimum absolute atomic E-state index is 0.171. The molecule has 9 heteroatoms. The number of nitrogens with zero attached hydrogens (tertiary/aromatic N) is 6. The number of pyridine rings is 3. The number of hydrogen-bond donors (Lipinski definition) is 2. The van der Waals surface area contributed by atoms with Gasteiger partial charge in [-0.15, -0.1) is 5.10 Å². The summed E-state index contributed by atoms with van der Waals surface area (Å²) in [6.45, 7) is 1.98. The van der Waals surface area contributed by atoms with Crippen molar-refractivity contribution in [1.82, 2.24) is 24.6 Å². The average molecular weight is 393 g/mol. The molecule has 29 heavy (non-hydrogen) atoms. The van der Waals surface area contributed by atoms with Gasteiger partial charge in [-0.2, -0.15) is 0 Å². The van der Waals surface area contributed by atoms with E-state index in [4.69, 9.17) is 14.6 Å². The third kappa shape index (κ3) is 3.09. The lowest BCUT2D eigenvalue weighted by atomic mass is 10.1. The minimum Gasteiger partial charge on any atom is -0.384 e. The van der Waals surface area contributed by atoms with Gasteiger partial charge in [-0.05, 0) is 25.1 Å². The van der Waals surface area contributed by atoms with E-state index in [2.05, 4.69) is 37.2 Å². The van der Waals surface area contributed by atoms with Crippen LogP contribution in [0.5, 0.6) is 0 Å². The quantitative estimate of drug-likeness (QED) is 0.546. The highest BCUT2D eigenvalue weighted by atomic mass is 16.5. The maximum absolute atomic E-state index is 7.49. The van der Waals surface area contributed by atoms with Crippen molar-refractivity contribution < 1.29 is 8.85 Å². The Balaban J connectivity index is 1.58. The highest BCUT2D eigenvalue weighted by molar-refractivity contribution is 6.01. The molecule has 0 aromatic carbocycles. The Morgan fingerprint density at radius 2 is 2.21 bits per heavy atom. The monoisotopic (exact) mass is 393 g/mol. The van der Waals surface area contributed by atoms with Gasteiger partial charge >= 0.3 is 0 Å². The number of nitrogens with two attached hydrogens (primary N) is 1. The summed E-state index contributed by atoms with van der Waals surface area (Å²) >= 11 is 0. The van der Waals surface area contributed by atoms with Crippen LogP contribution in [0.25, 0.3) is 27.8 Å². The number of aromatic nitrogens is 5. The minimum atomic E-state index is -2.39. The Labute approximate surface area is 171 Å². The molecule has 0 spiro atoms. The van der Waals surface area contributed by atoms with Crippen molar-refractivity contribution in [2.45, 2.75) is 13.0 Å². The van der Waals surface area contributed by atoms with E-state index in [-0.39, 0.29) is 11.9 Å². The SMILES string of the molecule is [2H]C([2H])([2H])Nc1ncc(-c2nc3ccc(N4CCO[C@@H](C)C4)cn3n2)c2cc(N)ncc12. The molecular weight excluding hydrogens is 368 g/mol. The standard InChI is InChI=1S/C20H22N8O/c1-12-10-27(5-6-29-12)13-3-4-18-25-20(26-28(18)11-13)16-9-24-19(22-2)15-8-23-17(21)7-14(15)16/h3-4,7-9,11-12H,5-6,10H2,1-2H3,(H2,21,23)(H,22,24)/t12-/m0/s1/i2D3. The first kappa shape index (κ1) is 14.5. The zero-order chi connectivity index (χ0) is 22.5. The fourth-order valence-corrected chi connectivity index (χ4v) is 3.66. The second-order valence-electron chi connectivity index (χ2n) is 7.05. The molecule has 9 nitrogen and oxygen atoms in total. The predicted octanol–water partition coefficient (Wildman–Crippen LogP) is 2.19. The molecule has 1 aliphatic rings. The van der Waals surface area contributed by atoms with Crippen LogP contribution in [-0.4, -0.2) is 57.3 Å². The molecule has 0 unspecified atom stereocenters. The molecule has 4 aromatic rings. The van der Waals surface area contributed by atoms with Crippen LogP contribution in [-0.2, 0) is 4.74 Å². The molecule has 0 bridgehead atoms. The van der Waals surface area contributed by atoms with E-state index in [1.807, 2.05) is 18.3 Å². The van der Waals surface area contributed by atoms with Crippen molar-refractivity contribution in [1.29, 1.82) is 0 Å². The van der Waals surface area contributed by atoms with Gasteiger partial charge in [0.15, 0.2) is 11.5 Å². The highest BCUT2D eigenvalue weighted by Crippen LogP contribution is 2.31. The number of morpholine rings is 1. The Morgan fingerprint density at radius 1 is 1.28 bits per heavy atom. The molecule has 1 aliphatic heterocycles. The maximum atomic E-state index is 7.49. The number of ether oxygens (including phenoxy) is 1. The summed E-state index contributed by atoms with van der Waals surface area (Å²) in [6.07, 6.45) is 5.17. The highest BCUT2D eigenvalue weighted by Gasteiger charge is 2.19. The van der Waals surface area contributed by atoms with Crippen LogP contribution in [0.1, 0.15) is 11.0 Å². The van der Waals surface area contributed by atoms with Gasteiger partial charge in [-0.25, -0.2) is 19.5 Å². The van der Waals surface area contributed by atoms with Crippen molar-refractivity contribution in [2.75, 3.05) is 42.6 Å². The van der Waals surface area contributed by atoms with E-state index in [1.165, 1.54) is 6.20 Å². The first-order valence-electron chi connectivity index (χ1n) is 10.8. The van der Waals surface area contributed by atoms with Gasteiger partial charge in [0.1, 0.15) is 11.6 Å². The number of rotatable bonds is 3. The molecule has 0 amide bonds. The van der Waals surface area contributed by atoms with E-state index in [9.17, 15) is 0 Å². The van der Waals surface area contributed by atoms with Crippen molar-refractivity contribution >= 4 is 33.7 Å². The topological polar surface area (TPSA) is 106 Å². The van der Waals surface area contributed by atoms with Crippen molar-refractivity contribution in [2.24, 2.45) is 0 Å². The molecule has 148 valence electrons. The number of hydrogen-bond acceptors (Lipinski definition) is 8. The summed E-state index contributed by atoms with van der Waals surface area (Å²) in [5.41, 5.74) is 8.27. The van der Waals surface area contributed by atoms with E-state index >= 15 is 0 Å². The van der Waals surface area contributed by atoms with E-state index in [0.717, 1.165) is 18.8 Å². The second-order valence-corrected chi connectivity index (χ2v) is 7.05. The van der Waals surface area contributed by atoms with Gasteiger partial charge < -0.3 is 20.7 Å². The van der Waals surface area contributed by atoms with Crippen LogP contribution in [0, 0.1) is 0 Å². The molecule has 0 saturated carbocycles. The number of nitrogen functional groups attached to an aromatic ring is 1. The molecule has 5 heterocycles. The fourth-order valence-electron chi connectivity index (χ4n) is 3.66. The number of fused-ring (bicyclic) bond motifs is 2. The molecule has 1 atom stereocenters. The lowest BCUT2D eigenvalue weighted by molar-refractivity contribution is 0.0532. The summed E-state index contributed by atoms with van der Waals surface area (Å²) in [6, 6.07) is 5.61. The molecule has 1 fully saturated rings. The lowest BCUT2D eigenvalue weighted by Crippen LogP contribution is -2.41.